The molecular formula is C11H15Br2NOS. The average Bonchev–Trinajstić information content (AvgIpc) is 2.53. The van der Waals surface area contributed by atoms with Gasteiger partial charge in [0.25, 0.3) is 5.91 Å². The summed E-state index contributed by atoms with van der Waals surface area (Å²) in [5.41, 5.74) is 0.749. The summed E-state index contributed by atoms with van der Waals surface area (Å²) in [5.74, 6) is 0.102. The fourth-order valence-corrected chi connectivity index (χ4v) is 4.25. The van der Waals surface area contributed by atoms with Gasteiger partial charge in [-0.1, -0.05) is 6.92 Å². The minimum atomic E-state index is 0.102. The maximum Gasteiger partial charge on any atom is 0.256 e. The highest BCUT2D eigenvalue weighted by molar-refractivity contribution is 9.12. The molecule has 0 fully saturated rings. The van der Waals surface area contributed by atoms with Crippen LogP contribution < -0.4 is 0 Å². The molecule has 5 heteroatoms. The largest absolute Gasteiger partial charge is 0.336 e. The van der Waals surface area contributed by atoms with Crippen molar-refractivity contribution in [2.45, 2.75) is 33.2 Å². The summed E-state index contributed by atoms with van der Waals surface area (Å²) in [4.78, 5) is 14.2. The zero-order valence-corrected chi connectivity index (χ0v) is 13.6. The molecule has 2 nitrogen and oxygen atoms in total. The standard InChI is InChI=1S/C11H15Br2NOS/c1-4-5-14(7(2)3)11(15)8-6-9(12)16-10(8)13/h6-7H,4-5H2,1-3H3. The maximum atomic E-state index is 12.3. The van der Waals surface area contributed by atoms with E-state index in [1.165, 1.54) is 11.3 Å². The van der Waals surface area contributed by atoms with Crippen molar-refractivity contribution in [2.75, 3.05) is 6.54 Å². The number of halogens is 2. The highest BCUT2D eigenvalue weighted by Gasteiger charge is 2.21. The third-order valence-electron chi connectivity index (χ3n) is 2.24. The Morgan fingerprint density at radius 1 is 1.50 bits per heavy atom. The number of thiophene rings is 1. The Balaban J connectivity index is 2.94. The summed E-state index contributed by atoms with van der Waals surface area (Å²) >= 11 is 8.35. The lowest BCUT2D eigenvalue weighted by molar-refractivity contribution is 0.0705. The molecular weight excluding hydrogens is 354 g/mol. The molecule has 1 heterocycles. The molecule has 0 saturated carbocycles. The Kier molecular flexibility index (Phi) is 5.47. The summed E-state index contributed by atoms with van der Waals surface area (Å²) in [6.45, 7) is 6.98. The topological polar surface area (TPSA) is 20.3 Å². The van der Waals surface area contributed by atoms with E-state index in [1.807, 2.05) is 24.8 Å². The minimum absolute atomic E-state index is 0.102. The summed E-state index contributed by atoms with van der Waals surface area (Å²) in [5, 5.41) is 0. The second-order valence-corrected chi connectivity index (χ2v) is 7.58. The molecule has 0 aliphatic heterocycles. The van der Waals surface area contributed by atoms with E-state index in [4.69, 9.17) is 0 Å². The minimum Gasteiger partial charge on any atom is -0.336 e. The molecule has 0 bridgehead atoms. The van der Waals surface area contributed by atoms with E-state index >= 15 is 0 Å². The van der Waals surface area contributed by atoms with Gasteiger partial charge in [0.1, 0.15) is 0 Å². The lowest BCUT2D eigenvalue weighted by atomic mass is 10.2. The fourth-order valence-electron chi connectivity index (χ4n) is 1.48. The van der Waals surface area contributed by atoms with Gasteiger partial charge in [0.05, 0.1) is 13.1 Å². The molecule has 0 aliphatic rings. The molecule has 1 rings (SSSR count). The van der Waals surface area contributed by atoms with Gasteiger partial charge in [-0.3, -0.25) is 4.79 Å². The zero-order chi connectivity index (χ0) is 12.3. The Bertz CT molecular complexity index is 376. The molecule has 1 aromatic heterocycles. The van der Waals surface area contributed by atoms with Crippen molar-refractivity contribution in [3.63, 3.8) is 0 Å². The third-order valence-corrected chi connectivity index (χ3v) is 4.58. The van der Waals surface area contributed by atoms with Gasteiger partial charge < -0.3 is 4.90 Å². The SMILES string of the molecule is CCCN(C(=O)c1cc(Br)sc1Br)C(C)C. The van der Waals surface area contributed by atoms with Gasteiger partial charge in [-0.25, -0.2) is 0 Å². The van der Waals surface area contributed by atoms with Crippen LogP contribution in [-0.4, -0.2) is 23.4 Å². The summed E-state index contributed by atoms with van der Waals surface area (Å²) in [6.07, 6.45) is 0.979. The van der Waals surface area contributed by atoms with Crippen LogP contribution in [0.15, 0.2) is 13.6 Å². The molecule has 1 amide bonds. The Labute approximate surface area is 117 Å². The molecule has 16 heavy (non-hydrogen) atoms. The van der Waals surface area contributed by atoms with Gasteiger partial charge in [-0.05, 0) is 58.2 Å². The van der Waals surface area contributed by atoms with E-state index in [2.05, 4.69) is 38.8 Å². The van der Waals surface area contributed by atoms with Crippen molar-refractivity contribution >= 4 is 49.1 Å². The van der Waals surface area contributed by atoms with E-state index in [9.17, 15) is 4.79 Å². The van der Waals surface area contributed by atoms with E-state index in [0.717, 1.165) is 26.1 Å². The quantitative estimate of drug-likeness (QED) is 0.764. The number of nitrogens with zero attached hydrogens (tertiary/aromatic N) is 1. The molecule has 0 aliphatic carbocycles. The van der Waals surface area contributed by atoms with Crippen molar-refractivity contribution < 1.29 is 4.79 Å². The van der Waals surface area contributed by atoms with Gasteiger partial charge >= 0.3 is 0 Å². The smallest absolute Gasteiger partial charge is 0.256 e. The lowest BCUT2D eigenvalue weighted by Gasteiger charge is -2.26. The van der Waals surface area contributed by atoms with Crippen molar-refractivity contribution in [1.82, 2.24) is 4.90 Å². The van der Waals surface area contributed by atoms with E-state index in [1.54, 1.807) is 0 Å². The van der Waals surface area contributed by atoms with Gasteiger partial charge in [0.15, 0.2) is 0 Å². The Hall–Kier alpha value is 0.130. The zero-order valence-electron chi connectivity index (χ0n) is 9.59. The number of amides is 1. The first-order valence-electron chi connectivity index (χ1n) is 5.23. The first-order chi connectivity index (χ1) is 7.47. The number of hydrogen-bond donors (Lipinski definition) is 0. The Morgan fingerprint density at radius 2 is 2.12 bits per heavy atom. The van der Waals surface area contributed by atoms with Crippen LogP contribution in [0.5, 0.6) is 0 Å². The molecule has 0 aromatic carbocycles. The van der Waals surface area contributed by atoms with Crippen LogP contribution >= 0.6 is 43.2 Å². The Morgan fingerprint density at radius 3 is 2.50 bits per heavy atom. The second kappa shape index (κ2) is 6.17. The molecule has 0 atom stereocenters. The molecule has 0 saturated heterocycles. The number of carbonyl (C=O) groups excluding carboxylic acids is 1. The molecule has 0 unspecified atom stereocenters. The summed E-state index contributed by atoms with van der Waals surface area (Å²) in [7, 11) is 0. The fraction of sp³-hybridized carbons (Fsp3) is 0.545. The van der Waals surface area contributed by atoms with E-state index in [-0.39, 0.29) is 11.9 Å². The molecule has 1 aromatic rings. The van der Waals surface area contributed by atoms with Gasteiger partial charge in [-0.15, -0.1) is 11.3 Å². The van der Waals surface area contributed by atoms with Crippen molar-refractivity contribution in [1.29, 1.82) is 0 Å². The van der Waals surface area contributed by atoms with Crippen LogP contribution in [0.4, 0.5) is 0 Å². The molecule has 90 valence electrons. The van der Waals surface area contributed by atoms with Crippen LogP contribution in [0.25, 0.3) is 0 Å². The van der Waals surface area contributed by atoms with E-state index in [0.29, 0.717) is 0 Å². The van der Waals surface area contributed by atoms with Crippen molar-refractivity contribution in [3.8, 4) is 0 Å². The first-order valence-corrected chi connectivity index (χ1v) is 7.63. The highest BCUT2D eigenvalue weighted by atomic mass is 79.9. The molecule has 0 spiro atoms. The summed E-state index contributed by atoms with van der Waals surface area (Å²) in [6, 6.07) is 2.11. The van der Waals surface area contributed by atoms with Gasteiger partial charge in [0, 0.05) is 12.6 Å². The third kappa shape index (κ3) is 3.31. The van der Waals surface area contributed by atoms with Crippen LogP contribution in [0.1, 0.15) is 37.6 Å². The predicted octanol–water partition coefficient (Wildman–Crippen LogP) is 4.53. The normalized spacial score (nSPS) is 10.9. The van der Waals surface area contributed by atoms with Crippen LogP contribution in [-0.2, 0) is 0 Å². The number of rotatable bonds is 4. The monoisotopic (exact) mass is 367 g/mol. The number of hydrogen-bond acceptors (Lipinski definition) is 2. The van der Waals surface area contributed by atoms with Crippen LogP contribution in [0, 0.1) is 0 Å². The first kappa shape index (κ1) is 14.2. The van der Waals surface area contributed by atoms with Crippen LogP contribution in [0.2, 0.25) is 0 Å². The predicted molar refractivity (Wildman–Crippen MR) is 76.2 cm³/mol. The number of carbonyl (C=O) groups is 1. The lowest BCUT2D eigenvalue weighted by Crippen LogP contribution is -2.37. The van der Waals surface area contributed by atoms with Crippen LogP contribution in [0.3, 0.4) is 0 Å². The molecule has 0 N–H and O–H groups in total. The molecule has 0 radical (unpaired) electrons. The second-order valence-electron chi connectivity index (χ2n) is 3.83. The van der Waals surface area contributed by atoms with Gasteiger partial charge in [-0.2, -0.15) is 0 Å². The summed E-state index contributed by atoms with van der Waals surface area (Å²) < 4.78 is 1.87. The van der Waals surface area contributed by atoms with Crippen molar-refractivity contribution in [2.24, 2.45) is 0 Å². The maximum absolute atomic E-state index is 12.3. The highest BCUT2D eigenvalue weighted by Crippen LogP contribution is 2.32. The average molecular weight is 369 g/mol. The van der Waals surface area contributed by atoms with Gasteiger partial charge in [0.2, 0.25) is 0 Å². The van der Waals surface area contributed by atoms with Crippen molar-refractivity contribution in [3.05, 3.63) is 19.2 Å². The van der Waals surface area contributed by atoms with E-state index < -0.39 is 0 Å².